The Bertz CT molecular complexity index is 486. The Labute approximate surface area is 97.8 Å². The van der Waals surface area contributed by atoms with Crippen LogP contribution in [-0.2, 0) is 4.74 Å². The topological polar surface area (TPSA) is 26.3 Å². The number of esters is 1. The van der Waals surface area contributed by atoms with E-state index in [1.165, 1.54) is 11.3 Å². The number of carbonyl (C=O) groups excluding carboxylic acids is 1. The maximum Gasteiger partial charge on any atom is 0.353 e. The Morgan fingerprint density at radius 2 is 1.88 bits per heavy atom. The van der Waals surface area contributed by atoms with Crippen LogP contribution >= 0.6 is 11.3 Å². The quantitative estimate of drug-likeness (QED) is 0.595. The summed E-state index contributed by atoms with van der Waals surface area (Å²) in [6.45, 7) is 3.74. The number of hydrogen-bond donors (Lipinski definition) is 0. The zero-order chi connectivity index (χ0) is 11.4. The van der Waals surface area contributed by atoms with Crippen LogP contribution in [-0.4, -0.2) is 5.97 Å². The lowest BCUT2D eigenvalue weighted by Gasteiger charge is -2.05. The molecule has 0 aliphatic rings. The van der Waals surface area contributed by atoms with Gasteiger partial charge in [-0.1, -0.05) is 43.0 Å². The van der Waals surface area contributed by atoms with Gasteiger partial charge in [-0.25, -0.2) is 4.79 Å². The molecule has 0 fully saturated rings. The van der Waals surface area contributed by atoms with Crippen LogP contribution in [0.25, 0.3) is 5.76 Å². The van der Waals surface area contributed by atoms with E-state index < -0.39 is 0 Å². The Hall–Kier alpha value is -1.87. The molecule has 0 saturated carbocycles. The highest BCUT2D eigenvalue weighted by atomic mass is 32.1. The first-order chi connectivity index (χ1) is 7.77. The molecule has 0 bridgehead atoms. The van der Waals surface area contributed by atoms with E-state index in [9.17, 15) is 4.79 Å². The Kier molecular flexibility index (Phi) is 3.17. The van der Waals surface area contributed by atoms with Gasteiger partial charge in [0, 0.05) is 5.56 Å². The summed E-state index contributed by atoms with van der Waals surface area (Å²) in [5.41, 5.74) is 0.812. The van der Waals surface area contributed by atoms with Crippen molar-refractivity contribution in [2.75, 3.05) is 0 Å². The predicted octanol–water partition coefficient (Wildman–Crippen LogP) is 3.58. The summed E-state index contributed by atoms with van der Waals surface area (Å²) in [4.78, 5) is 12.2. The van der Waals surface area contributed by atoms with Crippen LogP contribution < -0.4 is 0 Å². The van der Waals surface area contributed by atoms with Crippen LogP contribution in [0.1, 0.15) is 15.2 Å². The van der Waals surface area contributed by atoms with Crippen molar-refractivity contribution in [3.8, 4) is 0 Å². The van der Waals surface area contributed by atoms with E-state index in [1.54, 1.807) is 6.07 Å². The van der Waals surface area contributed by atoms with Gasteiger partial charge in [-0.05, 0) is 11.4 Å². The van der Waals surface area contributed by atoms with Crippen molar-refractivity contribution in [2.24, 2.45) is 0 Å². The summed E-state index contributed by atoms with van der Waals surface area (Å²) < 4.78 is 5.16. The SMILES string of the molecule is C=C(OC(=O)c1cccs1)c1ccccc1. The average Bonchev–Trinajstić information content (AvgIpc) is 2.83. The molecule has 2 nitrogen and oxygen atoms in total. The highest BCUT2D eigenvalue weighted by Crippen LogP contribution is 2.17. The third-order valence-electron chi connectivity index (χ3n) is 2.03. The van der Waals surface area contributed by atoms with Crippen molar-refractivity contribution in [3.05, 3.63) is 64.9 Å². The van der Waals surface area contributed by atoms with Crippen molar-refractivity contribution in [1.82, 2.24) is 0 Å². The molecule has 0 unspecified atom stereocenters. The molecule has 0 aliphatic carbocycles. The minimum atomic E-state index is -0.358. The van der Waals surface area contributed by atoms with Crippen molar-refractivity contribution in [3.63, 3.8) is 0 Å². The fourth-order valence-electron chi connectivity index (χ4n) is 1.24. The van der Waals surface area contributed by atoms with Gasteiger partial charge >= 0.3 is 5.97 Å². The maximum absolute atomic E-state index is 11.6. The van der Waals surface area contributed by atoms with Crippen LogP contribution in [0.5, 0.6) is 0 Å². The fourth-order valence-corrected chi connectivity index (χ4v) is 1.84. The van der Waals surface area contributed by atoms with Crippen molar-refractivity contribution in [2.45, 2.75) is 0 Å². The molecule has 80 valence electrons. The smallest absolute Gasteiger partial charge is 0.353 e. The largest absolute Gasteiger partial charge is 0.422 e. The molecule has 0 radical (unpaired) electrons. The second kappa shape index (κ2) is 4.77. The van der Waals surface area contributed by atoms with Crippen LogP contribution in [0.4, 0.5) is 0 Å². The molecule has 0 N–H and O–H groups in total. The van der Waals surface area contributed by atoms with E-state index in [-0.39, 0.29) is 5.97 Å². The van der Waals surface area contributed by atoms with Crippen LogP contribution in [0, 0.1) is 0 Å². The zero-order valence-electron chi connectivity index (χ0n) is 8.55. The minimum absolute atomic E-state index is 0.358. The molecule has 0 amide bonds. The van der Waals surface area contributed by atoms with Gasteiger partial charge in [-0.3, -0.25) is 0 Å². The molecule has 0 spiro atoms. The van der Waals surface area contributed by atoms with Gasteiger partial charge in [0.05, 0.1) is 0 Å². The molecular formula is C13H10O2S. The molecule has 1 aromatic heterocycles. The molecule has 0 atom stereocenters. The normalized spacial score (nSPS) is 9.75. The van der Waals surface area contributed by atoms with Crippen molar-refractivity contribution >= 4 is 23.1 Å². The number of hydrogen-bond acceptors (Lipinski definition) is 3. The number of rotatable bonds is 3. The molecule has 2 aromatic rings. The third kappa shape index (κ3) is 2.38. The second-order valence-electron chi connectivity index (χ2n) is 3.16. The summed E-state index contributed by atoms with van der Waals surface area (Å²) >= 11 is 1.35. The summed E-state index contributed by atoms with van der Waals surface area (Å²) in [6.07, 6.45) is 0. The molecule has 2 rings (SSSR count). The molecule has 1 heterocycles. The lowest BCUT2D eigenvalue weighted by Crippen LogP contribution is -2.01. The number of benzene rings is 1. The molecule has 1 aromatic carbocycles. The van der Waals surface area contributed by atoms with E-state index in [2.05, 4.69) is 6.58 Å². The fraction of sp³-hybridized carbons (Fsp3) is 0. The lowest BCUT2D eigenvalue weighted by atomic mass is 10.2. The summed E-state index contributed by atoms with van der Waals surface area (Å²) in [5.74, 6) is 0.0165. The van der Waals surface area contributed by atoms with Gasteiger partial charge in [-0.15, -0.1) is 11.3 Å². The van der Waals surface area contributed by atoms with Gasteiger partial charge in [0.1, 0.15) is 10.6 Å². The summed E-state index contributed by atoms with van der Waals surface area (Å²) in [7, 11) is 0. The third-order valence-corrected chi connectivity index (χ3v) is 2.88. The van der Waals surface area contributed by atoms with Crippen LogP contribution in [0.15, 0.2) is 54.4 Å². The second-order valence-corrected chi connectivity index (χ2v) is 4.10. The van der Waals surface area contributed by atoms with E-state index in [1.807, 2.05) is 41.8 Å². The van der Waals surface area contributed by atoms with E-state index >= 15 is 0 Å². The predicted molar refractivity (Wildman–Crippen MR) is 65.2 cm³/mol. The summed E-state index contributed by atoms with van der Waals surface area (Å²) in [5, 5.41) is 1.84. The monoisotopic (exact) mass is 230 g/mol. The zero-order valence-corrected chi connectivity index (χ0v) is 9.37. The first-order valence-electron chi connectivity index (χ1n) is 4.77. The van der Waals surface area contributed by atoms with Gasteiger partial charge in [-0.2, -0.15) is 0 Å². The Morgan fingerprint density at radius 3 is 2.50 bits per heavy atom. The van der Waals surface area contributed by atoms with Crippen molar-refractivity contribution < 1.29 is 9.53 Å². The number of thiophene rings is 1. The Balaban J connectivity index is 2.06. The van der Waals surface area contributed by atoms with Crippen LogP contribution in [0.2, 0.25) is 0 Å². The minimum Gasteiger partial charge on any atom is -0.422 e. The van der Waals surface area contributed by atoms with Gasteiger partial charge in [0.25, 0.3) is 0 Å². The van der Waals surface area contributed by atoms with E-state index in [4.69, 9.17) is 4.74 Å². The van der Waals surface area contributed by atoms with Gasteiger partial charge in [0.2, 0.25) is 0 Å². The molecular weight excluding hydrogens is 220 g/mol. The van der Waals surface area contributed by atoms with E-state index in [0.29, 0.717) is 10.6 Å². The van der Waals surface area contributed by atoms with Gasteiger partial charge < -0.3 is 4.74 Å². The maximum atomic E-state index is 11.6. The van der Waals surface area contributed by atoms with E-state index in [0.717, 1.165) is 5.56 Å². The molecule has 16 heavy (non-hydrogen) atoms. The van der Waals surface area contributed by atoms with Gasteiger partial charge in [0.15, 0.2) is 0 Å². The number of ether oxygens (including phenoxy) is 1. The highest BCUT2D eigenvalue weighted by Gasteiger charge is 2.10. The molecule has 0 aliphatic heterocycles. The van der Waals surface area contributed by atoms with Crippen molar-refractivity contribution in [1.29, 1.82) is 0 Å². The van der Waals surface area contributed by atoms with Crippen LogP contribution in [0.3, 0.4) is 0 Å². The summed E-state index contributed by atoms with van der Waals surface area (Å²) in [6, 6.07) is 12.9. The highest BCUT2D eigenvalue weighted by molar-refractivity contribution is 7.12. The standard InChI is InChI=1S/C13H10O2S/c1-10(11-6-3-2-4-7-11)15-13(14)12-8-5-9-16-12/h2-9H,1H2. The first-order valence-corrected chi connectivity index (χ1v) is 5.65. The lowest BCUT2D eigenvalue weighted by molar-refractivity contribution is 0.0698. The average molecular weight is 230 g/mol. The molecule has 0 saturated heterocycles. The molecule has 3 heteroatoms. The number of carbonyl (C=O) groups is 1. The Morgan fingerprint density at radius 1 is 1.12 bits per heavy atom. The first kappa shape index (κ1) is 10.6.